The normalized spacial score (nSPS) is 20.0. The first kappa shape index (κ1) is 14.3. The summed E-state index contributed by atoms with van der Waals surface area (Å²) in [5, 5.41) is 2.69. The second-order valence-electron chi connectivity index (χ2n) is 7.75. The highest BCUT2D eigenvalue weighted by molar-refractivity contribution is 6.06. The lowest BCUT2D eigenvalue weighted by Gasteiger charge is -2.38. The molecule has 0 nitrogen and oxygen atoms in total. The van der Waals surface area contributed by atoms with Crippen LogP contribution in [0.4, 0.5) is 0 Å². The first-order valence-electron chi connectivity index (χ1n) is 9.61. The Hall–Kier alpha value is -2.86. The van der Waals surface area contributed by atoms with Gasteiger partial charge in [-0.3, -0.25) is 0 Å². The standard InChI is InChI=1S/C26H20/c1-7-18-15-20(9-1)24-11-3-5-17-6-4-12-25(26(17)24)21-10-2-8-19(16-21)23-14-13-22(18)23/h1-12,15-16,22-23H,13-14H2. The Morgan fingerprint density at radius 1 is 0.538 bits per heavy atom. The minimum atomic E-state index is 0.658. The molecule has 2 atom stereocenters. The Labute approximate surface area is 154 Å². The summed E-state index contributed by atoms with van der Waals surface area (Å²) in [6.45, 7) is 0. The maximum absolute atomic E-state index is 2.44. The molecule has 0 radical (unpaired) electrons. The summed E-state index contributed by atoms with van der Waals surface area (Å²) >= 11 is 0. The van der Waals surface area contributed by atoms with Crippen LogP contribution in [0.5, 0.6) is 0 Å². The van der Waals surface area contributed by atoms with Gasteiger partial charge in [0, 0.05) is 0 Å². The van der Waals surface area contributed by atoms with Gasteiger partial charge in [0.1, 0.15) is 0 Å². The van der Waals surface area contributed by atoms with Crippen LogP contribution in [0.3, 0.4) is 0 Å². The molecule has 124 valence electrons. The van der Waals surface area contributed by atoms with Gasteiger partial charge in [0.2, 0.25) is 0 Å². The highest BCUT2D eigenvalue weighted by atomic mass is 14.4. The molecule has 0 saturated heterocycles. The molecule has 0 amide bonds. The quantitative estimate of drug-likeness (QED) is 0.321. The van der Waals surface area contributed by atoms with E-state index in [1.807, 2.05) is 0 Å². The monoisotopic (exact) mass is 332 g/mol. The molecule has 0 N–H and O–H groups in total. The van der Waals surface area contributed by atoms with E-state index < -0.39 is 0 Å². The van der Waals surface area contributed by atoms with Gasteiger partial charge < -0.3 is 0 Å². The summed E-state index contributed by atoms with van der Waals surface area (Å²) < 4.78 is 0. The molecular weight excluding hydrogens is 312 g/mol. The van der Waals surface area contributed by atoms with Crippen molar-refractivity contribution in [1.82, 2.24) is 0 Å². The average Bonchev–Trinajstić information content (AvgIpc) is 2.66. The van der Waals surface area contributed by atoms with E-state index in [9.17, 15) is 0 Å². The Morgan fingerprint density at radius 2 is 1.04 bits per heavy atom. The van der Waals surface area contributed by atoms with Crippen molar-refractivity contribution in [2.24, 2.45) is 0 Å². The molecule has 1 fully saturated rings. The summed E-state index contributed by atoms with van der Waals surface area (Å²) in [6, 6.07) is 32.0. The number of rotatable bonds is 0. The van der Waals surface area contributed by atoms with Crippen molar-refractivity contribution in [3.8, 4) is 22.3 Å². The third-order valence-electron chi connectivity index (χ3n) is 6.43. The molecule has 6 rings (SSSR count). The zero-order valence-electron chi connectivity index (χ0n) is 14.7. The zero-order chi connectivity index (χ0) is 17.1. The van der Waals surface area contributed by atoms with Crippen molar-refractivity contribution < 1.29 is 0 Å². The lowest BCUT2D eigenvalue weighted by atomic mass is 9.66. The molecule has 4 bridgehead atoms. The minimum absolute atomic E-state index is 0.658. The summed E-state index contributed by atoms with van der Waals surface area (Å²) in [7, 11) is 0. The first-order valence-corrected chi connectivity index (χ1v) is 9.61. The molecule has 2 aliphatic carbocycles. The maximum atomic E-state index is 2.44. The summed E-state index contributed by atoms with van der Waals surface area (Å²) in [4.78, 5) is 0. The van der Waals surface area contributed by atoms with Crippen molar-refractivity contribution in [2.75, 3.05) is 0 Å². The molecule has 26 heavy (non-hydrogen) atoms. The van der Waals surface area contributed by atoms with Crippen LogP contribution in [0, 0.1) is 0 Å². The van der Waals surface area contributed by atoms with E-state index in [2.05, 4.69) is 84.9 Å². The van der Waals surface area contributed by atoms with Crippen LogP contribution in [0.1, 0.15) is 35.8 Å². The van der Waals surface area contributed by atoms with Crippen LogP contribution in [-0.4, -0.2) is 0 Å². The summed E-state index contributed by atoms with van der Waals surface area (Å²) in [6.07, 6.45) is 2.60. The van der Waals surface area contributed by atoms with E-state index in [1.165, 1.54) is 57.0 Å². The van der Waals surface area contributed by atoms with Gasteiger partial charge in [-0.2, -0.15) is 0 Å². The molecule has 0 spiro atoms. The van der Waals surface area contributed by atoms with Crippen LogP contribution in [0.2, 0.25) is 0 Å². The molecule has 2 aliphatic rings. The predicted octanol–water partition coefficient (Wildman–Crippen LogP) is 7.15. The third kappa shape index (κ3) is 1.96. The molecule has 1 saturated carbocycles. The van der Waals surface area contributed by atoms with Crippen LogP contribution in [0.25, 0.3) is 33.0 Å². The van der Waals surface area contributed by atoms with Crippen molar-refractivity contribution in [1.29, 1.82) is 0 Å². The van der Waals surface area contributed by atoms with Gasteiger partial charge in [0.05, 0.1) is 0 Å². The molecule has 2 unspecified atom stereocenters. The second kappa shape index (κ2) is 5.32. The smallest absolute Gasteiger partial charge is 0.00268 e. The van der Waals surface area contributed by atoms with Crippen LogP contribution in [0.15, 0.2) is 84.9 Å². The number of fused-ring (bicyclic) bond motifs is 9. The molecule has 0 heterocycles. The first-order chi connectivity index (χ1) is 12.9. The average molecular weight is 332 g/mol. The number of benzene rings is 4. The summed E-state index contributed by atoms with van der Waals surface area (Å²) in [5.74, 6) is 1.32. The van der Waals surface area contributed by atoms with E-state index in [1.54, 1.807) is 0 Å². The molecule has 0 heteroatoms. The van der Waals surface area contributed by atoms with Gasteiger partial charge in [-0.15, -0.1) is 0 Å². The molecular formula is C26H20. The molecule has 4 aromatic carbocycles. The third-order valence-corrected chi connectivity index (χ3v) is 6.43. The van der Waals surface area contributed by atoms with Crippen molar-refractivity contribution >= 4 is 10.8 Å². The Balaban J connectivity index is 1.78. The van der Waals surface area contributed by atoms with E-state index in [4.69, 9.17) is 0 Å². The van der Waals surface area contributed by atoms with Crippen molar-refractivity contribution in [3.63, 3.8) is 0 Å². The fraction of sp³-hybridized carbons (Fsp3) is 0.154. The Morgan fingerprint density at radius 3 is 1.54 bits per heavy atom. The lowest BCUT2D eigenvalue weighted by Crippen LogP contribution is -2.21. The largest absolute Gasteiger partial charge is 0.0614 e. The van der Waals surface area contributed by atoms with Gasteiger partial charge in [0.25, 0.3) is 0 Å². The highest BCUT2D eigenvalue weighted by Gasteiger charge is 2.33. The van der Waals surface area contributed by atoms with Crippen LogP contribution < -0.4 is 0 Å². The summed E-state index contributed by atoms with van der Waals surface area (Å²) in [5.41, 5.74) is 8.40. The topological polar surface area (TPSA) is 0 Å². The fourth-order valence-corrected chi connectivity index (χ4v) is 4.99. The van der Waals surface area contributed by atoms with E-state index in [0.29, 0.717) is 11.8 Å². The van der Waals surface area contributed by atoms with E-state index >= 15 is 0 Å². The van der Waals surface area contributed by atoms with Gasteiger partial charge in [0.15, 0.2) is 0 Å². The number of hydrogen-bond acceptors (Lipinski definition) is 0. The molecule has 4 aromatic rings. The Kier molecular flexibility index (Phi) is 2.93. The van der Waals surface area contributed by atoms with Crippen LogP contribution in [-0.2, 0) is 0 Å². The second-order valence-corrected chi connectivity index (χ2v) is 7.75. The maximum Gasteiger partial charge on any atom is -0.00268 e. The van der Waals surface area contributed by atoms with Gasteiger partial charge in [-0.05, 0) is 68.8 Å². The van der Waals surface area contributed by atoms with E-state index in [0.717, 1.165) is 0 Å². The van der Waals surface area contributed by atoms with Gasteiger partial charge in [-0.25, -0.2) is 0 Å². The van der Waals surface area contributed by atoms with Crippen molar-refractivity contribution in [3.05, 3.63) is 96.1 Å². The zero-order valence-corrected chi connectivity index (χ0v) is 14.7. The lowest BCUT2D eigenvalue weighted by molar-refractivity contribution is 0.346. The SMILES string of the molecule is c1cc2cc(c1)C1CCC1c1cccc(c1)-c1cccc3cccc-2c13. The van der Waals surface area contributed by atoms with Gasteiger partial charge in [-0.1, -0.05) is 84.9 Å². The predicted molar refractivity (Wildman–Crippen MR) is 110 cm³/mol. The molecule has 0 aromatic heterocycles. The van der Waals surface area contributed by atoms with Gasteiger partial charge >= 0.3 is 0 Å². The minimum Gasteiger partial charge on any atom is -0.0614 e. The Bertz CT molecular complexity index is 1060. The number of hydrogen-bond donors (Lipinski definition) is 0. The van der Waals surface area contributed by atoms with E-state index in [-0.39, 0.29) is 0 Å². The highest BCUT2D eigenvalue weighted by Crippen LogP contribution is 2.51. The van der Waals surface area contributed by atoms with Crippen LogP contribution >= 0.6 is 0 Å². The molecule has 0 aliphatic heterocycles. The van der Waals surface area contributed by atoms with Crippen molar-refractivity contribution in [2.45, 2.75) is 24.7 Å². The fourth-order valence-electron chi connectivity index (χ4n) is 4.99.